The van der Waals surface area contributed by atoms with Crippen LogP contribution >= 0.6 is 0 Å². The van der Waals surface area contributed by atoms with Gasteiger partial charge in [-0.05, 0) is 37.3 Å². The molecule has 0 heterocycles. The van der Waals surface area contributed by atoms with E-state index in [2.05, 4.69) is 15.3 Å². The van der Waals surface area contributed by atoms with Crippen LogP contribution in [0.1, 0.15) is 12.5 Å². The van der Waals surface area contributed by atoms with Crippen LogP contribution in [0.15, 0.2) is 41.5 Å². The number of benzene rings is 2. The highest BCUT2D eigenvalue weighted by Crippen LogP contribution is 2.29. The van der Waals surface area contributed by atoms with Gasteiger partial charge in [0.1, 0.15) is 5.82 Å². The van der Waals surface area contributed by atoms with Crippen molar-refractivity contribution in [2.75, 3.05) is 12.5 Å². The molecule has 0 bridgehead atoms. The van der Waals surface area contributed by atoms with Crippen molar-refractivity contribution in [1.29, 1.82) is 0 Å². The summed E-state index contributed by atoms with van der Waals surface area (Å²) in [6.07, 6.45) is 0. The van der Waals surface area contributed by atoms with Gasteiger partial charge in [0, 0.05) is 11.6 Å². The number of ether oxygens (including phenoxy) is 2. The maximum absolute atomic E-state index is 13.5. The predicted molar refractivity (Wildman–Crippen MR) is 81.8 cm³/mol. The molecule has 2 aromatic rings. The Balaban J connectivity index is 2.20. The molecule has 0 fully saturated rings. The highest BCUT2D eigenvalue weighted by atomic mass is 19.3. The number of hydrazone groups is 1. The van der Waals surface area contributed by atoms with Crippen molar-refractivity contribution < 1.29 is 27.0 Å². The van der Waals surface area contributed by atoms with Crippen LogP contribution in [-0.2, 0) is 0 Å². The van der Waals surface area contributed by atoms with Gasteiger partial charge in [0.05, 0.1) is 18.5 Å². The minimum atomic E-state index is -2.97. The molecule has 0 amide bonds. The molecule has 0 atom stereocenters. The second kappa shape index (κ2) is 7.67. The summed E-state index contributed by atoms with van der Waals surface area (Å²) < 4.78 is 60.3. The van der Waals surface area contributed by atoms with Crippen LogP contribution in [0.3, 0.4) is 0 Å². The Morgan fingerprint density at radius 2 is 1.83 bits per heavy atom. The summed E-state index contributed by atoms with van der Waals surface area (Å²) in [7, 11) is 1.32. The number of hydrogen-bond acceptors (Lipinski definition) is 4. The zero-order valence-corrected chi connectivity index (χ0v) is 12.8. The lowest BCUT2D eigenvalue weighted by atomic mass is 10.1. The third-order valence-corrected chi connectivity index (χ3v) is 3.07. The van der Waals surface area contributed by atoms with Crippen molar-refractivity contribution >= 4 is 11.4 Å². The molecular formula is C16H14F4N2O2. The fourth-order valence-electron chi connectivity index (χ4n) is 1.87. The summed E-state index contributed by atoms with van der Waals surface area (Å²) in [5.74, 6) is -1.49. The van der Waals surface area contributed by atoms with Crippen LogP contribution in [0.25, 0.3) is 0 Å². The average molecular weight is 342 g/mol. The first-order valence-corrected chi connectivity index (χ1v) is 6.79. The van der Waals surface area contributed by atoms with Crippen molar-refractivity contribution in [3.8, 4) is 11.5 Å². The topological polar surface area (TPSA) is 42.8 Å². The number of rotatable bonds is 6. The Morgan fingerprint density at radius 1 is 1.08 bits per heavy atom. The molecule has 128 valence electrons. The van der Waals surface area contributed by atoms with E-state index in [9.17, 15) is 17.6 Å². The van der Waals surface area contributed by atoms with Crippen LogP contribution < -0.4 is 14.9 Å². The molecule has 0 aliphatic rings. The second-order valence-corrected chi connectivity index (χ2v) is 4.68. The molecule has 2 aromatic carbocycles. The summed E-state index contributed by atoms with van der Waals surface area (Å²) in [5, 5.41) is 3.98. The van der Waals surface area contributed by atoms with Gasteiger partial charge in [-0.25, -0.2) is 8.78 Å². The molecule has 0 aliphatic carbocycles. The summed E-state index contributed by atoms with van der Waals surface area (Å²) >= 11 is 0. The zero-order valence-electron chi connectivity index (χ0n) is 12.8. The Labute approximate surface area is 135 Å². The van der Waals surface area contributed by atoms with E-state index in [1.807, 2.05) is 0 Å². The maximum atomic E-state index is 13.5. The van der Waals surface area contributed by atoms with Crippen molar-refractivity contribution in [3.63, 3.8) is 0 Å². The molecule has 0 aromatic heterocycles. The molecule has 4 nitrogen and oxygen atoms in total. The Bertz CT molecular complexity index is 751. The fraction of sp³-hybridized carbons (Fsp3) is 0.188. The largest absolute Gasteiger partial charge is 0.493 e. The molecule has 2 rings (SSSR count). The van der Waals surface area contributed by atoms with Gasteiger partial charge in [0.25, 0.3) is 0 Å². The number of methoxy groups -OCH3 is 1. The van der Waals surface area contributed by atoms with E-state index >= 15 is 0 Å². The van der Waals surface area contributed by atoms with E-state index in [1.54, 1.807) is 6.92 Å². The van der Waals surface area contributed by atoms with Gasteiger partial charge in [0.15, 0.2) is 17.3 Å². The van der Waals surface area contributed by atoms with Crippen molar-refractivity contribution in [1.82, 2.24) is 0 Å². The molecule has 8 heteroatoms. The third-order valence-electron chi connectivity index (χ3n) is 3.07. The molecule has 0 aliphatic heterocycles. The van der Waals surface area contributed by atoms with Crippen molar-refractivity contribution in [2.45, 2.75) is 13.5 Å². The average Bonchev–Trinajstić information content (AvgIpc) is 2.53. The minimum absolute atomic E-state index is 0.000342. The number of hydrogen-bond donors (Lipinski definition) is 1. The first kappa shape index (κ1) is 17.6. The van der Waals surface area contributed by atoms with E-state index in [1.165, 1.54) is 31.4 Å². The monoisotopic (exact) mass is 342 g/mol. The first-order chi connectivity index (χ1) is 11.4. The summed E-state index contributed by atoms with van der Waals surface area (Å²) in [4.78, 5) is 0. The van der Waals surface area contributed by atoms with E-state index < -0.39 is 18.2 Å². The molecular weight excluding hydrogens is 328 g/mol. The van der Waals surface area contributed by atoms with Gasteiger partial charge < -0.3 is 9.47 Å². The highest BCUT2D eigenvalue weighted by Gasteiger charge is 2.12. The van der Waals surface area contributed by atoms with Gasteiger partial charge in [-0.1, -0.05) is 0 Å². The lowest BCUT2D eigenvalue weighted by Gasteiger charge is -2.11. The molecule has 0 saturated carbocycles. The van der Waals surface area contributed by atoms with Gasteiger partial charge in [0.2, 0.25) is 0 Å². The van der Waals surface area contributed by atoms with Gasteiger partial charge >= 0.3 is 6.61 Å². The fourth-order valence-corrected chi connectivity index (χ4v) is 1.87. The number of nitrogens with one attached hydrogen (secondary N) is 1. The zero-order chi connectivity index (χ0) is 17.7. The number of alkyl halides is 2. The lowest BCUT2D eigenvalue weighted by molar-refractivity contribution is -0.0512. The summed E-state index contributed by atoms with van der Waals surface area (Å²) in [6, 6.07) is 7.31. The number of halogens is 4. The molecule has 24 heavy (non-hydrogen) atoms. The Hall–Kier alpha value is -2.77. The normalized spacial score (nSPS) is 11.5. The smallest absolute Gasteiger partial charge is 0.387 e. The predicted octanol–water partition coefficient (Wildman–Crippen LogP) is 4.41. The van der Waals surface area contributed by atoms with E-state index in [0.717, 1.165) is 12.1 Å². The van der Waals surface area contributed by atoms with Crippen LogP contribution in [0.5, 0.6) is 11.5 Å². The SMILES string of the molecule is COc1cc(/C(C)=N\Nc2ccc(F)cc2F)ccc1OC(F)F. The maximum Gasteiger partial charge on any atom is 0.387 e. The van der Waals surface area contributed by atoms with E-state index in [4.69, 9.17) is 4.74 Å². The number of nitrogens with zero attached hydrogens (tertiary/aromatic N) is 1. The van der Waals surface area contributed by atoms with Crippen LogP contribution in [0.2, 0.25) is 0 Å². The molecule has 0 radical (unpaired) electrons. The standard InChI is InChI=1S/C16H14F4N2O2/c1-9(21-22-13-5-4-11(17)8-12(13)18)10-3-6-14(24-16(19)20)15(7-10)23-2/h3-8,16,22H,1-2H3/b21-9-. The minimum Gasteiger partial charge on any atom is -0.493 e. The molecule has 0 spiro atoms. The van der Waals surface area contributed by atoms with Crippen molar-refractivity contribution in [2.24, 2.45) is 5.10 Å². The quantitative estimate of drug-likeness (QED) is 0.480. The first-order valence-electron chi connectivity index (χ1n) is 6.79. The molecule has 0 unspecified atom stereocenters. The number of anilines is 1. The van der Waals surface area contributed by atoms with Gasteiger partial charge in [-0.2, -0.15) is 13.9 Å². The van der Waals surface area contributed by atoms with E-state index in [-0.39, 0.29) is 17.2 Å². The summed E-state index contributed by atoms with van der Waals surface area (Å²) in [6.45, 7) is -1.35. The van der Waals surface area contributed by atoms with Gasteiger partial charge in [-0.3, -0.25) is 5.43 Å². The third kappa shape index (κ3) is 4.37. The van der Waals surface area contributed by atoms with E-state index in [0.29, 0.717) is 11.3 Å². The molecule has 1 N–H and O–H groups in total. The summed E-state index contributed by atoms with van der Waals surface area (Å²) in [5.41, 5.74) is 3.45. The lowest BCUT2D eigenvalue weighted by Crippen LogP contribution is -2.05. The molecule has 0 saturated heterocycles. The van der Waals surface area contributed by atoms with Crippen LogP contribution in [0.4, 0.5) is 23.2 Å². The Morgan fingerprint density at radius 3 is 2.46 bits per heavy atom. The highest BCUT2D eigenvalue weighted by molar-refractivity contribution is 5.99. The second-order valence-electron chi connectivity index (χ2n) is 4.68. The Kier molecular flexibility index (Phi) is 5.62. The van der Waals surface area contributed by atoms with Crippen LogP contribution in [-0.4, -0.2) is 19.4 Å². The van der Waals surface area contributed by atoms with Crippen molar-refractivity contribution in [3.05, 3.63) is 53.6 Å². The van der Waals surface area contributed by atoms with Crippen LogP contribution in [0, 0.1) is 11.6 Å². The van der Waals surface area contributed by atoms with Gasteiger partial charge in [-0.15, -0.1) is 0 Å².